The Kier molecular flexibility index (Phi) is 4.15. The van der Waals surface area contributed by atoms with Gasteiger partial charge in [-0.2, -0.15) is 0 Å². The highest BCUT2D eigenvalue weighted by molar-refractivity contribution is 6.34. The third-order valence-corrected chi connectivity index (χ3v) is 3.95. The summed E-state index contributed by atoms with van der Waals surface area (Å²) in [6.07, 6.45) is 0.599. The number of nitrogens with one attached hydrogen (secondary N) is 1. The summed E-state index contributed by atoms with van der Waals surface area (Å²) in [5, 5.41) is 9.91. The topological polar surface area (TPSA) is 75.2 Å². The largest absolute Gasteiger partial charge is 0.359 e. The molecule has 1 aliphatic rings. The lowest BCUT2D eigenvalue weighted by Crippen LogP contribution is -2.40. The van der Waals surface area contributed by atoms with Gasteiger partial charge in [0.2, 0.25) is 5.91 Å². The highest BCUT2D eigenvalue weighted by Gasteiger charge is 2.42. The second-order valence-electron chi connectivity index (χ2n) is 4.99. The highest BCUT2D eigenvalue weighted by Crippen LogP contribution is 2.31. The second kappa shape index (κ2) is 5.54. The Morgan fingerprint density at radius 3 is 2.75 bits per heavy atom. The minimum absolute atomic E-state index is 0.00736. The molecule has 2 heterocycles. The van der Waals surface area contributed by atoms with Gasteiger partial charge in [0.15, 0.2) is 10.3 Å². The van der Waals surface area contributed by atoms with Crippen molar-refractivity contribution in [1.29, 1.82) is 0 Å². The average Bonchev–Trinajstić information content (AvgIpc) is 2.83. The van der Waals surface area contributed by atoms with Crippen LogP contribution in [0, 0.1) is 5.41 Å². The van der Waals surface area contributed by atoms with Crippen LogP contribution in [0.5, 0.6) is 0 Å². The van der Waals surface area contributed by atoms with Crippen molar-refractivity contribution in [3.05, 3.63) is 21.9 Å². The van der Waals surface area contributed by atoms with E-state index in [1.807, 2.05) is 6.92 Å². The summed E-state index contributed by atoms with van der Waals surface area (Å²) in [6, 6.07) is 1.38. The van der Waals surface area contributed by atoms with Gasteiger partial charge < -0.3 is 10.2 Å². The molecule has 1 N–H and O–H groups in total. The monoisotopic (exact) mass is 316 g/mol. The first-order valence-electron chi connectivity index (χ1n) is 6.07. The number of nitrogens with zero attached hydrogens (tertiary/aromatic N) is 3. The first-order chi connectivity index (χ1) is 9.37. The highest BCUT2D eigenvalue weighted by atomic mass is 35.5. The summed E-state index contributed by atoms with van der Waals surface area (Å²) in [5.74, 6) is -0.371. The third-order valence-electron chi connectivity index (χ3n) is 3.49. The van der Waals surface area contributed by atoms with Crippen molar-refractivity contribution >= 4 is 35.0 Å². The van der Waals surface area contributed by atoms with Crippen LogP contribution in [0.15, 0.2) is 6.07 Å². The zero-order chi connectivity index (χ0) is 14.9. The first-order valence-corrected chi connectivity index (χ1v) is 6.83. The maximum atomic E-state index is 12.4. The Morgan fingerprint density at radius 1 is 1.40 bits per heavy atom. The number of carbonyl (C=O) groups excluding carboxylic acids is 2. The predicted octanol–water partition coefficient (Wildman–Crippen LogP) is 1.38. The lowest BCUT2D eigenvalue weighted by Gasteiger charge is -2.22. The van der Waals surface area contributed by atoms with Crippen molar-refractivity contribution < 1.29 is 9.59 Å². The van der Waals surface area contributed by atoms with Crippen LogP contribution in [-0.4, -0.2) is 47.0 Å². The molecule has 0 spiro atoms. The molecule has 2 amide bonds. The van der Waals surface area contributed by atoms with Gasteiger partial charge in [-0.05, 0) is 19.4 Å². The van der Waals surface area contributed by atoms with Crippen LogP contribution in [0.3, 0.4) is 0 Å². The van der Waals surface area contributed by atoms with Crippen LogP contribution in [0.25, 0.3) is 0 Å². The second-order valence-corrected chi connectivity index (χ2v) is 5.73. The third kappa shape index (κ3) is 2.71. The molecular formula is C12H14Cl2N4O2. The molecule has 0 aliphatic carbocycles. The Bertz CT molecular complexity index is 566. The van der Waals surface area contributed by atoms with Gasteiger partial charge in [-0.15, -0.1) is 10.2 Å². The maximum Gasteiger partial charge on any atom is 0.257 e. The molecule has 1 saturated heterocycles. The number of carbonyl (C=O) groups is 2. The van der Waals surface area contributed by atoms with E-state index in [-0.39, 0.29) is 27.7 Å². The van der Waals surface area contributed by atoms with E-state index < -0.39 is 5.41 Å². The van der Waals surface area contributed by atoms with Gasteiger partial charge in [-0.1, -0.05) is 23.2 Å². The van der Waals surface area contributed by atoms with E-state index in [1.165, 1.54) is 6.07 Å². The van der Waals surface area contributed by atoms with E-state index >= 15 is 0 Å². The lowest BCUT2D eigenvalue weighted by atomic mass is 9.89. The molecule has 1 unspecified atom stereocenters. The Morgan fingerprint density at radius 2 is 2.10 bits per heavy atom. The van der Waals surface area contributed by atoms with Crippen LogP contribution in [-0.2, 0) is 4.79 Å². The van der Waals surface area contributed by atoms with Gasteiger partial charge in [0.05, 0.1) is 11.0 Å². The molecule has 108 valence electrons. The van der Waals surface area contributed by atoms with Crippen LogP contribution >= 0.6 is 23.2 Å². The molecule has 1 aromatic rings. The number of hydrogen-bond donors (Lipinski definition) is 1. The molecular weight excluding hydrogens is 303 g/mol. The number of halogens is 2. The molecule has 0 radical (unpaired) electrons. The Labute approximate surface area is 126 Å². The summed E-state index contributed by atoms with van der Waals surface area (Å²) in [6.45, 7) is 2.65. The Balaban J connectivity index is 2.20. The van der Waals surface area contributed by atoms with Crippen LogP contribution in [0.2, 0.25) is 10.3 Å². The van der Waals surface area contributed by atoms with Gasteiger partial charge in [0.1, 0.15) is 0 Å². The fourth-order valence-electron chi connectivity index (χ4n) is 2.29. The summed E-state index contributed by atoms with van der Waals surface area (Å²) in [5.41, 5.74) is -0.381. The zero-order valence-corrected chi connectivity index (χ0v) is 12.6. The molecule has 1 atom stereocenters. The van der Waals surface area contributed by atoms with E-state index in [4.69, 9.17) is 23.2 Å². The summed E-state index contributed by atoms with van der Waals surface area (Å²) >= 11 is 11.6. The van der Waals surface area contributed by atoms with Crippen LogP contribution in [0.1, 0.15) is 23.7 Å². The van der Waals surface area contributed by atoms with Gasteiger partial charge >= 0.3 is 0 Å². The normalized spacial score (nSPS) is 21.9. The minimum atomic E-state index is -0.582. The number of likely N-dealkylation sites (tertiary alicyclic amines) is 1. The van der Waals surface area contributed by atoms with Crippen molar-refractivity contribution in [1.82, 2.24) is 20.4 Å². The smallest absolute Gasteiger partial charge is 0.257 e. The van der Waals surface area contributed by atoms with Crippen molar-refractivity contribution in [3.8, 4) is 0 Å². The fraction of sp³-hybridized carbons (Fsp3) is 0.500. The van der Waals surface area contributed by atoms with Crippen molar-refractivity contribution in [3.63, 3.8) is 0 Å². The van der Waals surface area contributed by atoms with E-state index in [9.17, 15) is 9.59 Å². The van der Waals surface area contributed by atoms with Gasteiger partial charge in [0.25, 0.3) is 5.91 Å². The number of rotatable bonds is 2. The summed E-state index contributed by atoms with van der Waals surface area (Å²) in [7, 11) is 1.58. The standard InChI is InChI=1S/C12H14Cl2N4O2/c1-12(11(20)15-2)3-4-18(6-12)10(19)7-5-8(13)16-17-9(7)14/h5H,3-4,6H2,1-2H3,(H,15,20). The predicted molar refractivity (Wildman–Crippen MR) is 74.7 cm³/mol. The number of aromatic nitrogens is 2. The molecule has 0 aromatic carbocycles. The van der Waals surface area contributed by atoms with E-state index in [0.29, 0.717) is 19.5 Å². The summed E-state index contributed by atoms with van der Waals surface area (Å²) < 4.78 is 0. The maximum absolute atomic E-state index is 12.4. The molecule has 6 nitrogen and oxygen atoms in total. The Hall–Kier alpha value is -1.40. The minimum Gasteiger partial charge on any atom is -0.359 e. The van der Waals surface area contributed by atoms with Crippen LogP contribution in [0.4, 0.5) is 0 Å². The molecule has 8 heteroatoms. The lowest BCUT2D eigenvalue weighted by molar-refractivity contribution is -0.128. The average molecular weight is 317 g/mol. The molecule has 0 bridgehead atoms. The molecule has 0 saturated carbocycles. The zero-order valence-electron chi connectivity index (χ0n) is 11.1. The van der Waals surface area contributed by atoms with Gasteiger partial charge in [0, 0.05) is 20.1 Å². The molecule has 1 aromatic heterocycles. The van der Waals surface area contributed by atoms with Gasteiger partial charge in [-0.25, -0.2) is 0 Å². The molecule has 1 fully saturated rings. The first kappa shape index (κ1) is 15.0. The van der Waals surface area contributed by atoms with E-state index in [0.717, 1.165) is 0 Å². The van der Waals surface area contributed by atoms with Crippen molar-refractivity contribution in [2.75, 3.05) is 20.1 Å². The molecule has 1 aliphatic heterocycles. The number of hydrogen-bond acceptors (Lipinski definition) is 4. The van der Waals surface area contributed by atoms with Crippen molar-refractivity contribution in [2.45, 2.75) is 13.3 Å². The molecule has 20 heavy (non-hydrogen) atoms. The quantitative estimate of drug-likeness (QED) is 0.894. The fourth-order valence-corrected chi connectivity index (χ4v) is 2.62. The van der Waals surface area contributed by atoms with E-state index in [2.05, 4.69) is 15.5 Å². The summed E-state index contributed by atoms with van der Waals surface area (Å²) in [4.78, 5) is 25.8. The van der Waals surface area contributed by atoms with E-state index in [1.54, 1.807) is 11.9 Å². The van der Waals surface area contributed by atoms with Gasteiger partial charge in [-0.3, -0.25) is 9.59 Å². The molecule has 2 rings (SSSR count). The number of amides is 2. The van der Waals surface area contributed by atoms with Crippen LogP contribution < -0.4 is 5.32 Å². The van der Waals surface area contributed by atoms with Crippen molar-refractivity contribution in [2.24, 2.45) is 5.41 Å². The SMILES string of the molecule is CNC(=O)C1(C)CCN(C(=O)c2cc(Cl)nnc2Cl)C1.